The van der Waals surface area contributed by atoms with Crippen LogP contribution in [0.5, 0.6) is 0 Å². The first-order chi connectivity index (χ1) is 15.6. The molecule has 3 rings (SSSR count). The number of carbonyl (C=O) groups is 3. The van der Waals surface area contributed by atoms with E-state index in [9.17, 15) is 24.6 Å². The van der Waals surface area contributed by atoms with Crippen molar-refractivity contribution in [2.45, 2.75) is 51.9 Å². The van der Waals surface area contributed by atoms with Crippen molar-refractivity contribution in [2.75, 3.05) is 13.2 Å². The van der Waals surface area contributed by atoms with Crippen LogP contribution in [0.1, 0.15) is 33.6 Å². The number of rotatable bonds is 6. The fraction of sp³-hybridized carbons (Fsp3) is 0.560. The summed E-state index contributed by atoms with van der Waals surface area (Å²) in [5.74, 6) is -2.77. The van der Waals surface area contributed by atoms with Crippen molar-refractivity contribution in [2.24, 2.45) is 23.7 Å². The molecule has 180 valence electrons. The minimum atomic E-state index is -0.724. The van der Waals surface area contributed by atoms with Crippen LogP contribution in [0, 0.1) is 23.7 Å². The van der Waals surface area contributed by atoms with Gasteiger partial charge in [0, 0.05) is 17.9 Å². The molecule has 0 unspecified atom stereocenters. The lowest BCUT2D eigenvalue weighted by molar-refractivity contribution is -0.150. The first-order valence-corrected chi connectivity index (χ1v) is 11.2. The molecule has 0 bridgehead atoms. The van der Waals surface area contributed by atoms with E-state index in [1.54, 1.807) is 13.8 Å². The largest absolute Gasteiger partial charge is 0.458 e. The average Bonchev–Trinajstić information content (AvgIpc) is 3.20. The summed E-state index contributed by atoms with van der Waals surface area (Å²) in [5.41, 5.74) is 1.30. The molecule has 0 aromatic carbocycles. The monoisotopic (exact) mass is 460 g/mol. The van der Waals surface area contributed by atoms with Gasteiger partial charge in [-0.05, 0) is 32.1 Å². The lowest BCUT2D eigenvalue weighted by atomic mass is 9.79. The molecular formula is C25H32O8. The SMILES string of the molecule is C=C1C(=O)O[C@H]2[C@H]1[C@H](OC(=O)/C(=C/C)COC(=O)/C(=C/C)CO)CC(=C)[C@@H]1C[C@H](O)[C@@H](C)[C@H]21. The highest BCUT2D eigenvalue weighted by atomic mass is 16.6. The number of carbonyl (C=O) groups excluding carboxylic acids is 3. The molecule has 0 radical (unpaired) electrons. The molecule has 3 fully saturated rings. The molecule has 1 saturated heterocycles. The molecule has 0 amide bonds. The summed E-state index contributed by atoms with van der Waals surface area (Å²) in [7, 11) is 0. The highest BCUT2D eigenvalue weighted by molar-refractivity contribution is 5.93. The number of aliphatic hydroxyl groups is 2. The molecule has 33 heavy (non-hydrogen) atoms. The van der Waals surface area contributed by atoms with Gasteiger partial charge in [0.15, 0.2) is 0 Å². The summed E-state index contributed by atoms with van der Waals surface area (Å²) >= 11 is 0. The summed E-state index contributed by atoms with van der Waals surface area (Å²) in [4.78, 5) is 37.3. The third-order valence-corrected chi connectivity index (χ3v) is 7.21. The second-order valence-corrected chi connectivity index (χ2v) is 8.94. The Kier molecular flexibility index (Phi) is 7.59. The van der Waals surface area contributed by atoms with Gasteiger partial charge < -0.3 is 24.4 Å². The third kappa shape index (κ3) is 4.68. The van der Waals surface area contributed by atoms with Gasteiger partial charge in [-0.1, -0.05) is 37.8 Å². The zero-order chi connectivity index (χ0) is 24.4. The number of ether oxygens (including phenoxy) is 3. The molecular weight excluding hydrogens is 428 g/mol. The maximum absolute atomic E-state index is 13.0. The van der Waals surface area contributed by atoms with Gasteiger partial charge in [-0.3, -0.25) is 0 Å². The molecule has 3 aliphatic rings. The van der Waals surface area contributed by atoms with Crippen molar-refractivity contribution in [1.82, 2.24) is 0 Å². The summed E-state index contributed by atoms with van der Waals surface area (Å²) in [5, 5.41) is 19.6. The van der Waals surface area contributed by atoms with Gasteiger partial charge in [-0.25, -0.2) is 14.4 Å². The zero-order valence-corrected chi connectivity index (χ0v) is 19.3. The molecule has 0 aromatic heterocycles. The summed E-state index contributed by atoms with van der Waals surface area (Å²) in [6.07, 6.45) is 1.95. The number of esters is 3. The van der Waals surface area contributed by atoms with Gasteiger partial charge in [0.25, 0.3) is 0 Å². The van der Waals surface area contributed by atoms with Crippen molar-refractivity contribution in [3.63, 3.8) is 0 Å². The van der Waals surface area contributed by atoms with Crippen LogP contribution in [0.2, 0.25) is 0 Å². The molecule has 2 aliphatic carbocycles. The van der Waals surface area contributed by atoms with Gasteiger partial charge >= 0.3 is 17.9 Å². The van der Waals surface area contributed by atoms with Gasteiger partial charge in [-0.15, -0.1) is 0 Å². The number of hydrogen-bond acceptors (Lipinski definition) is 8. The molecule has 8 heteroatoms. The Morgan fingerprint density at radius 3 is 2.45 bits per heavy atom. The minimum Gasteiger partial charge on any atom is -0.458 e. The Bertz CT molecular complexity index is 913. The van der Waals surface area contributed by atoms with Crippen LogP contribution in [0.4, 0.5) is 0 Å². The Morgan fingerprint density at radius 2 is 1.85 bits per heavy atom. The second-order valence-electron chi connectivity index (χ2n) is 8.94. The highest BCUT2D eigenvalue weighted by Gasteiger charge is 2.57. The van der Waals surface area contributed by atoms with Crippen molar-refractivity contribution in [3.05, 3.63) is 47.6 Å². The van der Waals surface area contributed by atoms with E-state index in [1.165, 1.54) is 12.2 Å². The van der Waals surface area contributed by atoms with Crippen LogP contribution >= 0.6 is 0 Å². The van der Waals surface area contributed by atoms with Crippen LogP contribution in [-0.4, -0.2) is 59.6 Å². The van der Waals surface area contributed by atoms with Gasteiger partial charge in [0.1, 0.15) is 18.8 Å². The molecule has 2 saturated carbocycles. The Balaban J connectivity index is 1.78. The minimum absolute atomic E-state index is 0.0511. The third-order valence-electron chi connectivity index (χ3n) is 7.21. The van der Waals surface area contributed by atoms with Crippen LogP contribution in [-0.2, 0) is 28.6 Å². The molecule has 7 atom stereocenters. The molecule has 1 heterocycles. The molecule has 0 spiro atoms. The number of hydrogen-bond donors (Lipinski definition) is 2. The zero-order valence-electron chi connectivity index (χ0n) is 19.3. The second kappa shape index (κ2) is 10.1. The van der Waals surface area contributed by atoms with E-state index in [2.05, 4.69) is 13.2 Å². The Labute approximate surface area is 193 Å². The van der Waals surface area contributed by atoms with Crippen molar-refractivity contribution in [3.8, 4) is 0 Å². The van der Waals surface area contributed by atoms with Crippen LogP contribution < -0.4 is 0 Å². The molecule has 1 aliphatic heterocycles. The number of fused-ring (bicyclic) bond motifs is 3. The lowest BCUT2D eigenvalue weighted by Crippen LogP contribution is -2.38. The van der Waals surface area contributed by atoms with Crippen LogP contribution in [0.3, 0.4) is 0 Å². The number of aliphatic hydroxyl groups excluding tert-OH is 2. The maximum atomic E-state index is 13.0. The van der Waals surface area contributed by atoms with Gasteiger partial charge in [0.2, 0.25) is 0 Å². The summed E-state index contributed by atoms with van der Waals surface area (Å²) < 4.78 is 16.6. The topological polar surface area (TPSA) is 119 Å². The predicted molar refractivity (Wildman–Crippen MR) is 118 cm³/mol. The van der Waals surface area contributed by atoms with Crippen molar-refractivity contribution < 1.29 is 38.8 Å². The van der Waals surface area contributed by atoms with E-state index in [0.717, 1.165) is 5.57 Å². The average molecular weight is 461 g/mol. The Morgan fingerprint density at radius 1 is 1.18 bits per heavy atom. The highest BCUT2D eigenvalue weighted by Crippen LogP contribution is 2.53. The van der Waals surface area contributed by atoms with E-state index < -0.39 is 48.7 Å². The van der Waals surface area contributed by atoms with E-state index >= 15 is 0 Å². The summed E-state index contributed by atoms with van der Waals surface area (Å²) in [6.45, 7) is 12.4. The molecule has 8 nitrogen and oxygen atoms in total. The van der Waals surface area contributed by atoms with Crippen molar-refractivity contribution >= 4 is 17.9 Å². The van der Waals surface area contributed by atoms with Crippen molar-refractivity contribution in [1.29, 1.82) is 0 Å². The molecule has 0 aromatic rings. The van der Waals surface area contributed by atoms with E-state index in [4.69, 9.17) is 14.2 Å². The predicted octanol–water partition coefficient (Wildman–Crippen LogP) is 2.02. The van der Waals surface area contributed by atoms with Crippen LogP contribution in [0.15, 0.2) is 47.6 Å². The summed E-state index contributed by atoms with van der Waals surface area (Å²) in [6, 6.07) is 0. The lowest BCUT2D eigenvalue weighted by Gasteiger charge is -2.30. The maximum Gasteiger partial charge on any atom is 0.337 e. The fourth-order valence-corrected chi connectivity index (χ4v) is 5.22. The number of allylic oxidation sites excluding steroid dienone is 2. The fourth-order valence-electron chi connectivity index (χ4n) is 5.22. The van der Waals surface area contributed by atoms with Gasteiger partial charge in [-0.2, -0.15) is 0 Å². The quantitative estimate of drug-likeness (QED) is 0.267. The smallest absolute Gasteiger partial charge is 0.337 e. The first-order valence-electron chi connectivity index (χ1n) is 11.2. The van der Waals surface area contributed by atoms with E-state index in [-0.39, 0.29) is 41.1 Å². The normalized spacial score (nSPS) is 34.3. The standard InChI is InChI=1S/C25H32O8/c1-6-15(10-26)24(29)31-11-16(7-2)25(30)32-19-8-12(3)17-9-18(27)13(4)20(17)22-21(19)14(5)23(28)33-22/h6-7,13,17-22,26-27H,3,5,8-11H2,1-2,4H3/b15-6+,16-7+/t13-,17+,18+,19-,20+,21-,22-/m1/s1. The van der Waals surface area contributed by atoms with E-state index in [1.807, 2.05) is 6.92 Å². The Hall–Kier alpha value is -2.71. The van der Waals surface area contributed by atoms with Gasteiger partial charge in [0.05, 0.1) is 29.8 Å². The molecule has 2 N–H and O–H groups in total. The van der Waals surface area contributed by atoms with E-state index in [0.29, 0.717) is 12.8 Å². The van der Waals surface area contributed by atoms with Crippen LogP contribution in [0.25, 0.3) is 0 Å². The first kappa shape index (κ1) is 24.9.